The lowest BCUT2D eigenvalue weighted by molar-refractivity contribution is 0.0671. The molecular formula is C22H41N5O2S. The van der Waals surface area contributed by atoms with E-state index in [2.05, 4.69) is 34.2 Å². The lowest BCUT2D eigenvalue weighted by atomic mass is 9.80. The number of rotatable bonds is 6. The van der Waals surface area contributed by atoms with Crippen molar-refractivity contribution < 1.29 is 9.53 Å². The average Bonchev–Trinajstić information content (AvgIpc) is 2.79. The van der Waals surface area contributed by atoms with Crippen LogP contribution in [0.1, 0.15) is 58.8 Å². The van der Waals surface area contributed by atoms with Gasteiger partial charge >= 0.3 is 6.09 Å². The number of carbonyl (C=O) groups is 1. The minimum Gasteiger partial charge on any atom is -0.450 e. The Hall–Kier alpha value is -1.15. The maximum absolute atomic E-state index is 11.9. The minimum atomic E-state index is -0.185. The van der Waals surface area contributed by atoms with Gasteiger partial charge in [-0.15, -0.1) is 0 Å². The number of amides is 1. The SMILES string of the molecule is CCNC(=NCC1(N2CCSCC2)CCCCC1)NC1CCN(C(=O)OCC)CC1. The zero-order valence-corrected chi connectivity index (χ0v) is 19.8. The molecule has 7 nitrogen and oxygen atoms in total. The normalized spacial score (nSPS) is 23.8. The predicted molar refractivity (Wildman–Crippen MR) is 125 cm³/mol. The molecule has 1 amide bonds. The molecule has 172 valence electrons. The fourth-order valence-electron chi connectivity index (χ4n) is 4.98. The van der Waals surface area contributed by atoms with Crippen molar-refractivity contribution in [2.45, 2.75) is 70.4 Å². The highest BCUT2D eigenvalue weighted by atomic mass is 32.2. The van der Waals surface area contributed by atoms with Crippen LogP contribution in [-0.4, -0.2) is 90.8 Å². The van der Waals surface area contributed by atoms with Crippen molar-refractivity contribution in [1.82, 2.24) is 20.4 Å². The molecular weight excluding hydrogens is 398 g/mol. The number of hydrogen-bond donors (Lipinski definition) is 2. The molecule has 2 saturated heterocycles. The Morgan fingerprint density at radius 3 is 2.43 bits per heavy atom. The molecule has 3 rings (SSSR count). The van der Waals surface area contributed by atoms with E-state index in [1.165, 1.54) is 56.7 Å². The van der Waals surface area contributed by atoms with E-state index in [-0.39, 0.29) is 11.6 Å². The Morgan fingerprint density at radius 2 is 1.80 bits per heavy atom. The molecule has 0 unspecified atom stereocenters. The topological polar surface area (TPSA) is 69.2 Å². The van der Waals surface area contributed by atoms with E-state index >= 15 is 0 Å². The van der Waals surface area contributed by atoms with Crippen LogP contribution in [0.4, 0.5) is 4.79 Å². The monoisotopic (exact) mass is 439 g/mol. The van der Waals surface area contributed by atoms with Crippen molar-refractivity contribution in [3.05, 3.63) is 0 Å². The predicted octanol–water partition coefficient (Wildman–Crippen LogP) is 2.91. The number of guanidine groups is 1. The number of hydrogen-bond acceptors (Lipinski definition) is 5. The van der Waals surface area contributed by atoms with Gasteiger partial charge in [-0.2, -0.15) is 11.8 Å². The quantitative estimate of drug-likeness (QED) is 0.490. The molecule has 1 saturated carbocycles. The molecule has 0 atom stereocenters. The Bertz CT molecular complexity index is 554. The summed E-state index contributed by atoms with van der Waals surface area (Å²) in [6.45, 7) is 10.1. The van der Waals surface area contributed by atoms with Crippen molar-refractivity contribution in [1.29, 1.82) is 0 Å². The molecule has 0 aromatic heterocycles. The highest BCUT2D eigenvalue weighted by Crippen LogP contribution is 2.35. The Kier molecular flexibility index (Phi) is 9.43. The molecule has 1 aliphatic carbocycles. The van der Waals surface area contributed by atoms with Crippen molar-refractivity contribution in [3.8, 4) is 0 Å². The molecule has 0 radical (unpaired) electrons. The summed E-state index contributed by atoms with van der Waals surface area (Å²) >= 11 is 2.08. The van der Waals surface area contributed by atoms with E-state index in [0.717, 1.165) is 45.0 Å². The first-order chi connectivity index (χ1) is 14.7. The van der Waals surface area contributed by atoms with Crippen molar-refractivity contribution in [2.75, 3.05) is 57.4 Å². The number of aliphatic imine (C=N–C) groups is 1. The first kappa shape index (κ1) is 23.5. The number of carbonyl (C=O) groups excluding carboxylic acids is 1. The van der Waals surface area contributed by atoms with Crippen LogP contribution >= 0.6 is 11.8 Å². The number of ether oxygens (including phenoxy) is 1. The second-order valence-corrected chi connectivity index (χ2v) is 9.91. The third-order valence-corrected chi connectivity index (χ3v) is 7.65. The van der Waals surface area contributed by atoms with E-state index in [1.54, 1.807) is 0 Å². The molecule has 2 N–H and O–H groups in total. The summed E-state index contributed by atoms with van der Waals surface area (Å²) in [5.41, 5.74) is 0.245. The number of nitrogens with zero attached hydrogens (tertiary/aromatic N) is 3. The molecule has 3 fully saturated rings. The zero-order valence-electron chi connectivity index (χ0n) is 19.0. The van der Waals surface area contributed by atoms with Gasteiger partial charge in [0.05, 0.1) is 13.2 Å². The van der Waals surface area contributed by atoms with E-state index in [4.69, 9.17) is 9.73 Å². The van der Waals surface area contributed by atoms with E-state index < -0.39 is 0 Å². The van der Waals surface area contributed by atoms with Gasteiger partial charge in [0.15, 0.2) is 5.96 Å². The van der Waals surface area contributed by atoms with Gasteiger partial charge in [-0.3, -0.25) is 9.89 Å². The van der Waals surface area contributed by atoms with Gasteiger partial charge in [0, 0.05) is 55.8 Å². The van der Waals surface area contributed by atoms with Crippen LogP contribution in [0, 0.1) is 0 Å². The van der Waals surface area contributed by atoms with Gasteiger partial charge in [-0.05, 0) is 39.5 Å². The largest absolute Gasteiger partial charge is 0.450 e. The van der Waals surface area contributed by atoms with Crippen LogP contribution in [0.3, 0.4) is 0 Å². The fourth-order valence-corrected chi connectivity index (χ4v) is 5.89. The average molecular weight is 440 g/mol. The second-order valence-electron chi connectivity index (χ2n) is 8.68. The van der Waals surface area contributed by atoms with Gasteiger partial charge in [-0.25, -0.2) is 4.79 Å². The molecule has 2 aliphatic heterocycles. The summed E-state index contributed by atoms with van der Waals surface area (Å²) in [5.74, 6) is 3.44. The molecule has 0 aromatic carbocycles. The summed E-state index contributed by atoms with van der Waals surface area (Å²) in [5, 5.41) is 7.10. The summed E-state index contributed by atoms with van der Waals surface area (Å²) in [6, 6.07) is 0.349. The first-order valence-electron chi connectivity index (χ1n) is 12.0. The Morgan fingerprint density at radius 1 is 1.10 bits per heavy atom. The molecule has 3 aliphatic rings. The lowest BCUT2D eigenvalue weighted by Gasteiger charge is -2.47. The number of nitrogens with one attached hydrogen (secondary N) is 2. The summed E-state index contributed by atoms with van der Waals surface area (Å²) in [7, 11) is 0. The van der Waals surface area contributed by atoms with E-state index in [0.29, 0.717) is 12.6 Å². The van der Waals surface area contributed by atoms with Gasteiger partial charge in [0.2, 0.25) is 0 Å². The van der Waals surface area contributed by atoms with Crippen molar-refractivity contribution >= 4 is 23.8 Å². The third kappa shape index (κ3) is 6.42. The second kappa shape index (κ2) is 12.0. The molecule has 0 aromatic rings. The van der Waals surface area contributed by atoms with E-state index in [1.807, 2.05) is 11.8 Å². The number of likely N-dealkylation sites (tertiary alicyclic amines) is 1. The molecule has 8 heteroatoms. The molecule has 0 bridgehead atoms. The Labute approximate surface area is 186 Å². The van der Waals surface area contributed by atoms with E-state index in [9.17, 15) is 4.79 Å². The van der Waals surface area contributed by atoms with Crippen LogP contribution in [0.5, 0.6) is 0 Å². The van der Waals surface area contributed by atoms with Crippen LogP contribution in [0.25, 0.3) is 0 Å². The smallest absolute Gasteiger partial charge is 0.409 e. The van der Waals surface area contributed by atoms with Gasteiger partial charge in [-0.1, -0.05) is 19.3 Å². The lowest BCUT2D eigenvalue weighted by Crippen LogP contribution is -2.56. The highest BCUT2D eigenvalue weighted by Gasteiger charge is 2.38. The molecule has 30 heavy (non-hydrogen) atoms. The summed E-state index contributed by atoms with van der Waals surface area (Å²) < 4.78 is 5.14. The summed E-state index contributed by atoms with van der Waals surface area (Å²) in [6.07, 6.45) is 8.25. The highest BCUT2D eigenvalue weighted by molar-refractivity contribution is 7.99. The van der Waals surface area contributed by atoms with Crippen molar-refractivity contribution in [3.63, 3.8) is 0 Å². The fraction of sp³-hybridized carbons (Fsp3) is 0.909. The van der Waals surface area contributed by atoms with Crippen LogP contribution in [-0.2, 0) is 4.74 Å². The summed E-state index contributed by atoms with van der Waals surface area (Å²) in [4.78, 5) is 21.6. The van der Waals surface area contributed by atoms with Crippen LogP contribution < -0.4 is 10.6 Å². The van der Waals surface area contributed by atoms with Gasteiger partial charge in [0.25, 0.3) is 0 Å². The maximum Gasteiger partial charge on any atom is 0.409 e. The van der Waals surface area contributed by atoms with Gasteiger partial charge in [0.1, 0.15) is 0 Å². The Balaban J connectivity index is 1.58. The van der Waals surface area contributed by atoms with Crippen molar-refractivity contribution in [2.24, 2.45) is 4.99 Å². The first-order valence-corrected chi connectivity index (χ1v) is 13.1. The van der Waals surface area contributed by atoms with Crippen LogP contribution in [0.2, 0.25) is 0 Å². The molecule has 0 spiro atoms. The number of thioether (sulfide) groups is 1. The van der Waals surface area contributed by atoms with Crippen LogP contribution in [0.15, 0.2) is 4.99 Å². The maximum atomic E-state index is 11.9. The standard InChI is InChI=1S/C22H41N5O2S/c1-3-23-20(25-19-8-12-26(13-9-19)21(28)29-4-2)24-18-22(10-6-5-7-11-22)27-14-16-30-17-15-27/h19H,3-18H2,1-2H3,(H2,23,24,25). The molecule has 2 heterocycles. The zero-order chi connectivity index (χ0) is 21.2. The third-order valence-electron chi connectivity index (χ3n) is 6.70. The van der Waals surface area contributed by atoms with Gasteiger partial charge < -0.3 is 20.3 Å². The minimum absolute atomic E-state index is 0.185. The number of piperidine rings is 1.